The van der Waals surface area contributed by atoms with Gasteiger partial charge in [-0.15, -0.1) is 0 Å². The molecule has 0 aliphatic carbocycles. The Bertz CT molecular complexity index is 729. The van der Waals surface area contributed by atoms with Crippen molar-refractivity contribution in [1.29, 1.82) is 0 Å². The van der Waals surface area contributed by atoms with Crippen molar-refractivity contribution >= 4 is 11.8 Å². The minimum Gasteiger partial charge on any atom is -0.369 e. The fourth-order valence-corrected chi connectivity index (χ4v) is 3.27. The lowest BCUT2D eigenvalue weighted by Crippen LogP contribution is -2.45. The van der Waals surface area contributed by atoms with Gasteiger partial charge in [-0.2, -0.15) is 4.98 Å². The van der Waals surface area contributed by atoms with E-state index in [4.69, 9.17) is 0 Å². The Morgan fingerprint density at radius 2 is 1.83 bits per heavy atom. The molecular formula is C21H34N8. The van der Waals surface area contributed by atoms with Gasteiger partial charge >= 0.3 is 0 Å². The third-order valence-corrected chi connectivity index (χ3v) is 5.05. The standard InChI is InChI=1S/C21H34N8/c1-27(2)11-6-9-24-21-25-19(18-7-4-5-8-22-18)17-20(26-21)23-10-12-29-15-13-28(3)14-16-29/h4-5,7-8,17H,6,9-16H2,1-3H3,(H2,23,24,25,26). The Kier molecular flexibility index (Phi) is 8.15. The number of hydrogen-bond donors (Lipinski definition) is 2. The second kappa shape index (κ2) is 11.0. The Labute approximate surface area is 174 Å². The lowest BCUT2D eigenvalue weighted by Gasteiger charge is -2.32. The largest absolute Gasteiger partial charge is 0.369 e. The lowest BCUT2D eigenvalue weighted by atomic mass is 10.2. The van der Waals surface area contributed by atoms with Crippen LogP contribution in [-0.2, 0) is 0 Å². The molecule has 3 heterocycles. The smallest absolute Gasteiger partial charge is 0.225 e. The lowest BCUT2D eigenvalue weighted by molar-refractivity contribution is 0.158. The predicted molar refractivity (Wildman–Crippen MR) is 119 cm³/mol. The third-order valence-electron chi connectivity index (χ3n) is 5.05. The molecule has 29 heavy (non-hydrogen) atoms. The minimum absolute atomic E-state index is 0.647. The Hall–Kier alpha value is -2.29. The highest BCUT2D eigenvalue weighted by Crippen LogP contribution is 2.19. The molecule has 0 aromatic carbocycles. The second-order valence-corrected chi connectivity index (χ2v) is 7.83. The SMILES string of the molecule is CN(C)CCCNc1nc(NCCN2CCN(C)CC2)cc(-c2ccccn2)n1. The van der Waals surface area contributed by atoms with Gasteiger partial charge in [0.05, 0.1) is 11.4 Å². The summed E-state index contributed by atoms with van der Waals surface area (Å²) in [6, 6.07) is 7.86. The van der Waals surface area contributed by atoms with E-state index in [2.05, 4.69) is 61.4 Å². The molecule has 2 N–H and O–H groups in total. The van der Waals surface area contributed by atoms with Crippen molar-refractivity contribution in [3.8, 4) is 11.4 Å². The molecule has 1 aliphatic rings. The Balaban J connectivity index is 1.62. The minimum atomic E-state index is 0.647. The summed E-state index contributed by atoms with van der Waals surface area (Å²) in [4.78, 5) is 20.8. The third kappa shape index (κ3) is 7.23. The number of anilines is 2. The fraction of sp³-hybridized carbons (Fsp3) is 0.571. The van der Waals surface area contributed by atoms with Gasteiger partial charge < -0.3 is 20.4 Å². The average molecular weight is 399 g/mol. The highest BCUT2D eigenvalue weighted by Gasteiger charge is 2.13. The number of aromatic nitrogens is 3. The van der Waals surface area contributed by atoms with Crippen molar-refractivity contribution in [3.63, 3.8) is 0 Å². The number of nitrogens with one attached hydrogen (secondary N) is 2. The van der Waals surface area contributed by atoms with Crippen LogP contribution >= 0.6 is 0 Å². The van der Waals surface area contributed by atoms with E-state index >= 15 is 0 Å². The molecule has 1 aliphatic heterocycles. The van der Waals surface area contributed by atoms with E-state index in [0.717, 1.165) is 76.0 Å². The molecule has 0 amide bonds. The fourth-order valence-electron chi connectivity index (χ4n) is 3.27. The van der Waals surface area contributed by atoms with Crippen LogP contribution in [0.4, 0.5) is 11.8 Å². The van der Waals surface area contributed by atoms with Crippen molar-refractivity contribution in [2.24, 2.45) is 0 Å². The first-order chi connectivity index (χ1) is 14.1. The summed E-state index contributed by atoms with van der Waals surface area (Å²) in [5.74, 6) is 1.49. The summed E-state index contributed by atoms with van der Waals surface area (Å²) in [5.41, 5.74) is 1.69. The number of piperazine rings is 1. The summed E-state index contributed by atoms with van der Waals surface area (Å²) in [5, 5.41) is 6.84. The van der Waals surface area contributed by atoms with Crippen LogP contribution in [-0.4, -0.2) is 103 Å². The van der Waals surface area contributed by atoms with Crippen LogP contribution in [0.15, 0.2) is 30.5 Å². The van der Waals surface area contributed by atoms with Crippen LogP contribution in [0, 0.1) is 0 Å². The maximum atomic E-state index is 4.67. The van der Waals surface area contributed by atoms with Crippen molar-refractivity contribution < 1.29 is 0 Å². The summed E-state index contributed by atoms with van der Waals surface area (Å²) < 4.78 is 0. The van der Waals surface area contributed by atoms with E-state index in [1.807, 2.05) is 24.3 Å². The van der Waals surface area contributed by atoms with E-state index < -0.39 is 0 Å². The van der Waals surface area contributed by atoms with Gasteiger partial charge in [-0.1, -0.05) is 6.07 Å². The first-order valence-corrected chi connectivity index (χ1v) is 10.4. The van der Waals surface area contributed by atoms with Gasteiger partial charge in [-0.05, 0) is 46.2 Å². The molecule has 2 aromatic heterocycles. The topological polar surface area (TPSA) is 72.5 Å². The zero-order valence-electron chi connectivity index (χ0n) is 17.9. The number of rotatable bonds is 10. The highest BCUT2D eigenvalue weighted by atomic mass is 15.3. The van der Waals surface area contributed by atoms with E-state index in [1.165, 1.54) is 0 Å². The molecule has 158 valence electrons. The maximum Gasteiger partial charge on any atom is 0.225 e. The van der Waals surface area contributed by atoms with Crippen LogP contribution in [0.5, 0.6) is 0 Å². The molecule has 0 unspecified atom stereocenters. The first kappa shape index (κ1) is 21.4. The molecule has 8 nitrogen and oxygen atoms in total. The predicted octanol–water partition coefficient (Wildman–Crippen LogP) is 1.56. The molecule has 0 radical (unpaired) electrons. The van der Waals surface area contributed by atoms with E-state index in [9.17, 15) is 0 Å². The van der Waals surface area contributed by atoms with Crippen molar-refractivity contribution in [3.05, 3.63) is 30.5 Å². The molecule has 1 fully saturated rings. The van der Waals surface area contributed by atoms with Gasteiger partial charge in [0.25, 0.3) is 0 Å². The highest BCUT2D eigenvalue weighted by molar-refractivity contribution is 5.60. The number of nitrogens with zero attached hydrogens (tertiary/aromatic N) is 6. The van der Waals surface area contributed by atoms with Crippen molar-refractivity contribution in [2.45, 2.75) is 6.42 Å². The number of likely N-dealkylation sites (N-methyl/N-ethyl adjacent to an activating group) is 1. The van der Waals surface area contributed by atoms with Gasteiger partial charge in [0.15, 0.2) is 0 Å². The summed E-state index contributed by atoms with van der Waals surface area (Å²) in [6.45, 7) is 8.27. The van der Waals surface area contributed by atoms with Gasteiger partial charge in [0.2, 0.25) is 5.95 Å². The van der Waals surface area contributed by atoms with Crippen LogP contribution in [0.2, 0.25) is 0 Å². The molecule has 0 atom stereocenters. The normalized spacial score (nSPS) is 15.6. The summed E-state index contributed by atoms with van der Waals surface area (Å²) >= 11 is 0. The molecular weight excluding hydrogens is 364 g/mol. The molecule has 0 bridgehead atoms. The molecule has 8 heteroatoms. The molecule has 1 saturated heterocycles. The van der Waals surface area contributed by atoms with Gasteiger partial charge in [-0.3, -0.25) is 9.88 Å². The quantitative estimate of drug-likeness (QED) is 0.584. The molecule has 2 aromatic rings. The average Bonchev–Trinajstić information content (AvgIpc) is 2.73. The van der Waals surface area contributed by atoms with E-state index in [1.54, 1.807) is 6.20 Å². The Morgan fingerprint density at radius 1 is 1.00 bits per heavy atom. The summed E-state index contributed by atoms with van der Waals surface area (Å²) in [7, 11) is 6.35. The first-order valence-electron chi connectivity index (χ1n) is 10.4. The molecule has 3 rings (SSSR count). The number of pyridine rings is 1. The van der Waals surface area contributed by atoms with Gasteiger partial charge in [-0.25, -0.2) is 4.98 Å². The Morgan fingerprint density at radius 3 is 2.55 bits per heavy atom. The monoisotopic (exact) mass is 398 g/mol. The second-order valence-electron chi connectivity index (χ2n) is 7.83. The van der Waals surface area contributed by atoms with Gasteiger partial charge in [0, 0.05) is 58.1 Å². The van der Waals surface area contributed by atoms with Crippen LogP contribution < -0.4 is 10.6 Å². The van der Waals surface area contributed by atoms with Crippen molar-refractivity contribution in [1.82, 2.24) is 29.7 Å². The van der Waals surface area contributed by atoms with Crippen LogP contribution in [0.3, 0.4) is 0 Å². The zero-order chi connectivity index (χ0) is 20.5. The van der Waals surface area contributed by atoms with Crippen LogP contribution in [0.1, 0.15) is 6.42 Å². The van der Waals surface area contributed by atoms with Crippen molar-refractivity contribution in [2.75, 3.05) is 84.1 Å². The van der Waals surface area contributed by atoms with E-state index in [0.29, 0.717) is 5.95 Å². The zero-order valence-corrected chi connectivity index (χ0v) is 17.9. The van der Waals surface area contributed by atoms with Crippen LogP contribution in [0.25, 0.3) is 11.4 Å². The maximum absolute atomic E-state index is 4.67. The molecule has 0 spiro atoms. The number of hydrogen-bond acceptors (Lipinski definition) is 8. The summed E-state index contributed by atoms with van der Waals surface area (Å²) in [6.07, 6.45) is 2.83. The molecule has 0 saturated carbocycles. The van der Waals surface area contributed by atoms with Gasteiger partial charge in [0.1, 0.15) is 5.82 Å². The van der Waals surface area contributed by atoms with E-state index in [-0.39, 0.29) is 0 Å².